The Morgan fingerprint density at radius 3 is 2.03 bits per heavy atom. The van der Waals surface area contributed by atoms with E-state index in [0.29, 0.717) is 66.5 Å². The molecule has 1 aromatic rings. The minimum atomic E-state index is -0.441. The molecule has 0 atom stereocenters. The van der Waals surface area contributed by atoms with Gasteiger partial charge in [-0.05, 0) is 28.5 Å². The maximum atomic E-state index is 13.4. The first kappa shape index (κ1) is 22.4. The highest BCUT2D eigenvalue weighted by molar-refractivity contribution is 6.06. The van der Waals surface area contributed by atoms with Crippen LogP contribution in [-0.2, 0) is 14.3 Å². The zero-order chi connectivity index (χ0) is 23.3. The minimum absolute atomic E-state index is 0.0522. The van der Waals surface area contributed by atoms with Gasteiger partial charge in [-0.2, -0.15) is 0 Å². The molecule has 0 fully saturated rings. The number of hydrogen-bond donors (Lipinski definition) is 0. The van der Waals surface area contributed by atoms with Crippen LogP contribution in [0.25, 0.3) is 0 Å². The summed E-state index contributed by atoms with van der Waals surface area (Å²) in [4.78, 5) is 26.7. The van der Waals surface area contributed by atoms with Gasteiger partial charge in [-0.15, -0.1) is 0 Å². The number of allylic oxidation sites excluding steroid dienone is 4. The van der Waals surface area contributed by atoms with Crippen molar-refractivity contribution in [2.45, 2.75) is 59.3 Å². The second kappa shape index (κ2) is 7.95. The van der Waals surface area contributed by atoms with E-state index in [1.807, 2.05) is 18.2 Å². The van der Waals surface area contributed by atoms with E-state index in [4.69, 9.17) is 14.2 Å². The molecule has 0 saturated heterocycles. The summed E-state index contributed by atoms with van der Waals surface area (Å²) >= 11 is 0. The lowest BCUT2D eigenvalue weighted by atomic mass is 9.65. The van der Waals surface area contributed by atoms with Gasteiger partial charge in [0.25, 0.3) is 0 Å². The van der Waals surface area contributed by atoms with E-state index in [2.05, 4.69) is 34.3 Å². The van der Waals surface area contributed by atoms with Crippen LogP contribution in [0, 0.1) is 10.8 Å². The largest absolute Gasteiger partial charge is 0.493 e. The Bertz CT molecular complexity index is 1000. The standard InChI is InChI=1S/C27H32O5/c1-7-10-31-19-9-8-16(11-20(19)30-6)23-24-17(28)12-26(2,3)14-21(24)32-22-15-27(4,5)13-18(29)25(22)23/h7-9,11,23H,1,10,12-15H2,2-6H3. The van der Waals surface area contributed by atoms with Crippen molar-refractivity contribution in [3.05, 3.63) is 59.1 Å². The molecule has 32 heavy (non-hydrogen) atoms. The summed E-state index contributed by atoms with van der Waals surface area (Å²) in [6.07, 6.45) is 3.89. The Hall–Kier alpha value is -2.82. The number of hydrogen-bond acceptors (Lipinski definition) is 5. The maximum absolute atomic E-state index is 13.4. The van der Waals surface area contributed by atoms with E-state index >= 15 is 0 Å². The van der Waals surface area contributed by atoms with Crippen molar-refractivity contribution in [2.75, 3.05) is 13.7 Å². The number of ether oxygens (including phenoxy) is 3. The molecule has 5 heteroatoms. The van der Waals surface area contributed by atoms with Crippen molar-refractivity contribution in [1.29, 1.82) is 0 Å². The van der Waals surface area contributed by atoms with Gasteiger partial charge < -0.3 is 14.2 Å². The van der Waals surface area contributed by atoms with Crippen LogP contribution >= 0.6 is 0 Å². The summed E-state index contributed by atoms with van der Waals surface area (Å²) in [6, 6.07) is 5.64. The lowest BCUT2D eigenvalue weighted by molar-refractivity contribution is -0.120. The smallest absolute Gasteiger partial charge is 0.163 e. The number of methoxy groups -OCH3 is 1. The number of rotatable bonds is 5. The molecule has 4 rings (SSSR count). The molecule has 1 aromatic carbocycles. The molecule has 0 N–H and O–H groups in total. The third kappa shape index (κ3) is 4.01. The molecule has 1 heterocycles. The summed E-state index contributed by atoms with van der Waals surface area (Å²) in [7, 11) is 1.59. The number of ketones is 2. The zero-order valence-corrected chi connectivity index (χ0v) is 19.7. The third-order valence-electron chi connectivity index (χ3n) is 6.46. The van der Waals surface area contributed by atoms with Crippen molar-refractivity contribution < 1.29 is 23.8 Å². The van der Waals surface area contributed by atoms with Gasteiger partial charge in [-0.1, -0.05) is 46.4 Å². The highest BCUT2D eigenvalue weighted by atomic mass is 16.5. The quantitative estimate of drug-likeness (QED) is 0.557. The van der Waals surface area contributed by atoms with Crippen LogP contribution in [-0.4, -0.2) is 25.3 Å². The summed E-state index contributed by atoms with van der Waals surface area (Å²) in [5.41, 5.74) is 1.74. The molecule has 5 nitrogen and oxygen atoms in total. The van der Waals surface area contributed by atoms with Crippen molar-refractivity contribution in [3.63, 3.8) is 0 Å². The second-order valence-corrected chi connectivity index (χ2v) is 10.6. The predicted molar refractivity (Wildman–Crippen MR) is 123 cm³/mol. The van der Waals surface area contributed by atoms with E-state index in [9.17, 15) is 9.59 Å². The normalized spacial score (nSPS) is 22.2. The van der Waals surface area contributed by atoms with Crippen LogP contribution < -0.4 is 9.47 Å². The lowest BCUT2D eigenvalue weighted by Crippen LogP contribution is -2.37. The van der Waals surface area contributed by atoms with E-state index < -0.39 is 5.92 Å². The molecular formula is C27H32O5. The van der Waals surface area contributed by atoms with E-state index in [1.165, 1.54) is 0 Å². The van der Waals surface area contributed by atoms with E-state index in [1.54, 1.807) is 13.2 Å². The molecule has 170 valence electrons. The fourth-order valence-corrected chi connectivity index (χ4v) is 5.14. The monoisotopic (exact) mass is 436 g/mol. The van der Waals surface area contributed by atoms with Gasteiger partial charge in [0.05, 0.1) is 7.11 Å². The summed E-state index contributed by atoms with van der Waals surface area (Å²) in [5, 5.41) is 0. The summed E-state index contributed by atoms with van der Waals surface area (Å²) in [6.45, 7) is 12.4. The fraction of sp³-hybridized carbons (Fsp3) is 0.481. The van der Waals surface area contributed by atoms with Crippen LogP contribution in [0.1, 0.15) is 64.9 Å². The summed E-state index contributed by atoms with van der Waals surface area (Å²) in [5.74, 6) is 2.25. The van der Waals surface area contributed by atoms with Gasteiger partial charge in [-0.3, -0.25) is 9.59 Å². The molecule has 0 saturated carbocycles. The molecule has 0 spiro atoms. The molecule has 0 amide bonds. The van der Waals surface area contributed by atoms with Crippen molar-refractivity contribution in [2.24, 2.45) is 10.8 Å². The Labute approximate surface area is 190 Å². The second-order valence-electron chi connectivity index (χ2n) is 10.6. The van der Waals surface area contributed by atoms with E-state index in [-0.39, 0.29) is 22.4 Å². The van der Waals surface area contributed by atoms with Crippen LogP contribution in [0.5, 0.6) is 11.5 Å². The first-order chi connectivity index (χ1) is 15.0. The number of Topliss-reactive ketones (excluding diaryl/α,β-unsaturated/α-hetero) is 2. The lowest BCUT2D eigenvalue weighted by Gasteiger charge is -2.42. The van der Waals surface area contributed by atoms with Crippen LogP contribution in [0.15, 0.2) is 53.5 Å². The Morgan fingerprint density at radius 1 is 0.969 bits per heavy atom. The highest BCUT2D eigenvalue weighted by Crippen LogP contribution is 2.53. The van der Waals surface area contributed by atoms with Gasteiger partial charge >= 0.3 is 0 Å². The average molecular weight is 437 g/mol. The van der Waals surface area contributed by atoms with Crippen molar-refractivity contribution >= 4 is 11.6 Å². The van der Waals surface area contributed by atoms with Crippen LogP contribution in [0.4, 0.5) is 0 Å². The molecule has 0 bridgehead atoms. The zero-order valence-electron chi connectivity index (χ0n) is 19.7. The highest BCUT2D eigenvalue weighted by Gasteiger charge is 2.47. The SMILES string of the molecule is C=CCOc1ccc(C2C3=C(CC(C)(C)CC3=O)OC3=C2C(=O)CC(C)(C)C3)cc1OC. The van der Waals surface area contributed by atoms with Crippen molar-refractivity contribution in [1.82, 2.24) is 0 Å². The first-order valence-electron chi connectivity index (χ1n) is 11.2. The van der Waals surface area contributed by atoms with Gasteiger partial charge in [0.1, 0.15) is 18.1 Å². The Kier molecular flexibility index (Phi) is 5.56. The summed E-state index contributed by atoms with van der Waals surface area (Å²) < 4.78 is 17.6. The van der Waals surface area contributed by atoms with Crippen LogP contribution in [0.2, 0.25) is 0 Å². The van der Waals surface area contributed by atoms with Crippen molar-refractivity contribution in [3.8, 4) is 11.5 Å². The van der Waals surface area contributed by atoms with Crippen LogP contribution in [0.3, 0.4) is 0 Å². The van der Waals surface area contributed by atoms with Gasteiger partial charge in [-0.25, -0.2) is 0 Å². The Balaban J connectivity index is 1.87. The minimum Gasteiger partial charge on any atom is -0.493 e. The van der Waals surface area contributed by atoms with E-state index in [0.717, 1.165) is 5.56 Å². The molecule has 0 radical (unpaired) electrons. The molecular weight excluding hydrogens is 404 g/mol. The number of benzene rings is 1. The van der Waals surface area contributed by atoms with Gasteiger partial charge in [0.15, 0.2) is 23.1 Å². The third-order valence-corrected chi connectivity index (χ3v) is 6.46. The van der Waals surface area contributed by atoms with Gasteiger partial charge in [0, 0.05) is 42.7 Å². The number of carbonyl (C=O) groups is 2. The molecule has 1 aliphatic heterocycles. The first-order valence-corrected chi connectivity index (χ1v) is 11.2. The molecule has 0 aromatic heterocycles. The van der Waals surface area contributed by atoms with Gasteiger partial charge in [0.2, 0.25) is 0 Å². The fourth-order valence-electron chi connectivity index (χ4n) is 5.14. The predicted octanol–water partition coefficient (Wildman–Crippen LogP) is 5.66. The topological polar surface area (TPSA) is 61.8 Å². The molecule has 2 aliphatic carbocycles. The molecule has 0 unspecified atom stereocenters. The Morgan fingerprint density at radius 2 is 1.53 bits per heavy atom. The maximum Gasteiger partial charge on any atom is 0.163 e. The number of carbonyl (C=O) groups excluding carboxylic acids is 2. The average Bonchev–Trinajstić information content (AvgIpc) is 2.68. The molecule has 3 aliphatic rings.